The van der Waals surface area contributed by atoms with Crippen LogP contribution in [-0.4, -0.2) is 11.0 Å². The van der Waals surface area contributed by atoms with Crippen LogP contribution in [0.15, 0.2) is 50.7 Å². The van der Waals surface area contributed by atoms with Gasteiger partial charge in [0.15, 0.2) is 6.10 Å². The Kier molecular flexibility index (Phi) is 3.58. The molecule has 0 saturated carbocycles. The van der Waals surface area contributed by atoms with Crippen molar-refractivity contribution in [2.45, 2.75) is 22.8 Å². The number of benzene rings is 2. The van der Waals surface area contributed by atoms with Crippen molar-refractivity contribution in [3.05, 3.63) is 52.0 Å². The van der Waals surface area contributed by atoms with Crippen molar-refractivity contribution in [3.63, 3.8) is 0 Å². The summed E-state index contributed by atoms with van der Waals surface area (Å²) in [5, 5.41) is 12.4. The summed E-state index contributed by atoms with van der Waals surface area (Å²) in [5.41, 5.74) is 2.52. The maximum atomic E-state index is 11.5. The molecule has 0 spiro atoms. The number of aryl methyl sites for hydroxylation is 1. The highest BCUT2D eigenvalue weighted by Crippen LogP contribution is 2.41. The number of carbonyl (C=O) groups is 1. The summed E-state index contributed by atoms with van der Waals surface area (Å²) in [5.74, 6) is -0.371. The van der Waals surface area contributed by atoms with E-state index in [-0.39, 0.29) is 5.91 Å². The highest BCUT2D eigenvalue weighted by molar-refractivity contribution is 9.10. The molecule has 0 fully saturated rings. The first-order valence-corrected chi connectivity index (χ1v) is 7.72. The van der Waals surface area contributed by atoms with Crippen LogP contribution in [0.1, 0.15) is 17.2 Å². The van der Waals surface area contributed by atoms with Gasteiger partial charge < -0.3 is 10.4 Å². The van der Waals surface area contributed by atoms with Crippen molar-refractivity contribution >= 4 is 39.3 Å². The van der Waals surface area contributed by atoms with Crippen LogP contribution in [0.25, 0.3) is 0 Å². The minimum Gasteiger partial charge on any atom is -0.378 e. The molecule has 2 aromatic carbocycles. The summed E-state index contributed by atoms with van der Waals surface area (Å²) in [6, 6.07) is 11.9. The molecule has 2 N–H and O–H groups in total. The average Bonchev–Trinajstić information content (AvgIpc) is 2.69. The van der Waals surface area contributed by atoms with Gasteiger partial charge in [-0.1, -0.05) is 29.5 Å². The van der Waals surface area contributed by atoms with Crippen molar-refractivity contribution in [3.8, 4) is 0 Å². The predicted octanol–water partition coefficient (Wildman–Crippen LogP) is 3.89. The Morgan fingerprint density at radius 3 is 2.65 bits per heavy atom. The molecule has 0 saturated heterocycles. The lowest BCUT2D eigenvalue weighted by Crippen LogP contribution is -2.10. The van der Waals surface area contributed by atoms with Crippen LogP contribution < -0.4 is 5.32 Å². The van der Waals surface area contributed by atoms with Crippen molar-refractivity contribution in [2.24, 2.45) is 0 Å². The van der Waals surface area contributed by atoms with Gasteiger partial charge in [-0.2, -0.15) is 0 Å². The molecule has 5 heteroatoms. The Labute approximate surface area is 129 Å². The lowest BCUT2D eigenvalue weighted by molar-refractivity contribution is -0.123. The third-order valence-corrected chi connectivity index (χ3v) is 5.14. The topological polar surface area (TPSA) is 49.3 Å². The molecule has 1 amide bonds. The molecule has 0 bridgehead atoms. The summed E-state index contributed by atoms with van der Waals surface area (Å²) >= 11 is 5.11. The fourth-order valence-electron chi connectivity index (χ4n) is 2.06. The van der Waals surface area contributed by atoms with Gasteiger partial charge in [0.05, 0.1) is 0 Å². The van der Waals surface area contributed by atoms with Crippen LogP contribution in [0, 0.1) is 6.92 Å². The zero-order chi connectivity index (χ0) is 14.3. The molecular formula is C15H12BrNO2S. The molecule has 1 unspecified atom stereocenters. The van der Waals surface area contributed by atoms with Gasteiger partial charge in [0.25, 0.3) is 5.91 Å². The van der Waals surface area contributed by atoms with Crippen LogP contribution in [-0.2, 0) is 4.79 Å². The number of amides is 1. The van der Waals surface area contributed by atoms with Crippen molar-refractivity contribution in [1.82, 2.24) is 0 Å². The lowest BCUT2D eigenvalue weighted by Gasteiger charge is -2.08. The normalized spacial score (nSPS) is 16.9. The van der Waals surface area contributed by atoms with E-state index in [4.69, 9.17) is 0 Å². The van der Waals surface area contributed by atoms with Gasteiger partial charge >= 0.3 is 0 Å². The molecule has 1 atom stereocenters. The Hall–Kier alpha value is -1.30. The first-order chi connectivity index (χ1) is 9.54. The highest BCUT2D eigenvalue weighted by Gasteiger charge is 2.29. The van der Waals surface area contributed by atoms with E-state index >= 15 is 0 Å². The predicted molar refractivity (Wildman–Crippen MR) is 83.0 cm³/mol. The minimum atomic E-state index is -1.07. The van der Waals surface area contributed by atoms with Crippen LogP contribution in [0.5, 0.6) is 0 Å². The SMILES string of the molecule is Cc1ccc(Sc2cc3c(cc2Br)C(O)C(=O)N3)cc1. The second-order valence-electron chi connectivity index (χ2n) is 4.68. The minimum absolute atomic E-state index is 0.371. The quantitative estimate of drug-likeness (QED) is 0.864. The third-order valence-electron chi connectivity index (χ3n) is 3.15. The maximum absolute atomic E-state index is 11.5. The van der Waals surface area contributed by atoms with Gasteiger partial charge in [-0.15, -0.1) is 0 Å². The van der Waals surface area contributed by atoms with E-state index in [2.05, 4.69) is 52.4 Å². The number of anilines is 1. The molecule has 0 aliphatic carbocycles. The summed E-state index contributed by atoms with van der Waals surface area (Å²) in [7, 11) is 0. The number of halogens is 1. The molecular weight excluding hydrogens is 338 g/mol. The van der Waals surface area contributed by atoms with Gasteiger partial charge in [-0.05, 0) is 47.1 Å². The molecule has 3 rings (SSSR count). The van der Waals surface area contributed by atoms with Gasteiger partial charge in [-0.25, -0.2) is 0 Å². The molecule has 0 radical (unpaired) electrons. The molecule has 2 aromatic rings. The molecule has 102 valence electrons. The fraction of sp³-hybridized carbons (Fsp3) is 0.133. The van der Waals surface area contributed by atoms with E-state index in [1.165, 1.54) is 5.56 Å². The Morgan fingerprint density at radius 2 is 1.95 bits per heavy atom. The summed E-state index contributed by atoms with van der Waals surface area (Å²) in [4.78, 5) is 13.6. The van der Waals surface area contributed by atoms with E-state index in [1.54, 1.807) is 17.8 Å². The van der Waals surface area contributed by atoms with Gasteiger partial charge in [0.2, 0.25) is 0 Å². The summed E-state index contributed by atoms with van der Waals surface area (Å²) in [6.07, 6.45) is -1.07. The maximum Gasteiger partial charge on any atom is 0.257 e. The summed E-state index contributed by atoms with van der Waals surface area (Å²) < 4.78 is 0.873. The molecule has 1 heterocycles. The zero-order valence-corrected chi connectivity index (χ0v) is 13.1. The van der Waals surface area contributed by atoms with E-state index in [9.17, 15) is 9.90 Å². The monoisotopic (exact) mass is 349 g/mol. The average molecular weight is 350 g/mol. The largest absolute Gasteiger partial charge is 0.378 e. The smallest absolute Gasteiger partial charge is 0.257 e. The second-order valence-corrected chi connectivity index (χ2v) is 6.65. The van der Waals surface area contributed by atoms with Crippen LogP contribution >= 0.6 is 27.7 Å². The van der Waals surface area contributed by atoms with E-state index in [1.807, 2.05) is 6.07 Å². The molecule has 20 heavy (non-hydrogen) atoms. The number of hydrogen-bond acceptors (Lipinski definition) is 3. The number of aliphatic hydroxyl groups is 1. The van der Waals surface area contributed by atoms with Crippen molar-refractivity contribution in [1.29, 1.82) is 0 Å². The van der Waals surface area contributed by atoms with Crippen molar-refractivity contribution in [2.75, 3.05) is 5.32 Å². The fourth-order valence-corrected chi connectivity index (χ4v) is 3.52. The number of carbonyl (C=O) groups excluding carboxylic acids is 1. The van der Waals surface area contributed by atoms with Gasteiger partial charge in [0, 0.05) is 25.5 Å². The first-order valence-electron chi connectivity index (χ1n) is 6.11. The molecule has 1 aliphatic heterocycles. The Morgan fingerprint density at radius 1 is 1.25 bits per heavy atom. The number of nitrogens with one attached hydrogen (secondary N) is 1. The lowest BCUT2D eigenvalue weighted by atomic mass is 10.1. The second kappa shape index (κ2) is 5.24. The molecule has 0 aromatic heterocycles. The summed E-state index contributed by atoms with van der Waals surface area (Å²) in [6.45, 7) is 2.05. The van der Waals surface area contributed by atoms with E-state index < -0.39 is 6.10 Å². The van der Waals surface area contributed by atoms with Crippen LogP contribution in [0.4, 0.5) is 5.69 Å². The third kappa shape index (κ3) is 2.49. The van der Waals surface area contributed by atoms with Gasteiger partial charge in [0.1, 0.15) is 0 Å². The number of fused-ring (bicyclic) bond motifs is 1. The van der Waals surface area contributed by atoms with Crippen LogP contribution in [0.3, 0.4) is 0 Å². The highest BCUT2D eigenvalue weighted by atomic mass is 79.9. The van der Waals surface area contributed by atoms with Gasteiger partial charge in [-0.3, -0.25) is 4.79 Å². The molecule has 1 aliphatic rings. The number of rotatable bonds is 2. The van der Waals surface area contributed by atoms with Crippen molar-refractivity contribution < 1.29 is 9.90 Å². The number of aliphatic hydroxyl groups excluding tert-OH is 1. The standard InChI is InChI=1S/C15H12BrNO2S/c1-8-2-4-9(5-3-8)20-13-7-12-10(6-11(13)16)14(18)15(19)17-12/h2-7,14,18H,1H3,(H,17,19). The number of hydrogen-bond donors (Lipinski definition) is 2. The van der Waals surface area contributed by atoms with E-state index in [0.717, 1.165) is 14.3 Å². The zero-order valence-electron chi connectivity index (χ0n) is 10.7. The van der Waals surface area contributed by atoms with Crippen LogP contribution in [0.2, 0.25) is 0 Å². The first kappa shape index (κ1) is 13.7. The Bertz CT molecular complexity index is 685. The van der Waals surface area contributed by atoms with E-state index in [0.29, 0.717) is 11.3 Å². The Balaban J connectivity index is 1.94. The molecule has 3 nitrogen and oxygen atoms in total.